The van der Waals surface area contributed by atoms with Gasteiger partial charge in [-0.3, -0.25) is 0 Å². The molecule has 2 aliphatic rings. The molecule has 1 saturated carbocycles. The number of piperidine rings is 1. The van der Waals surface area contributed by atoms with Crippen LogP contribution in [0.25, 0.3) is 0 Å². The summed E-state index contributed by atoms with van der Waals surface area (Å²) in [7, 11) is 0. The van der Waals surface area contributed by atoms with Gasteiger partial charge >= 0.3 is 0 Å². The van der Waals surface area contributed by atoms with Crippen LogP contribution in [0.1, 0.15) is 52.9 Å². The number of likely N-dealkylation sites (tertiary alicyclic amines) is 1. The lowest BCUT2D eigenvalue weighted by molar-refractivity contribution is 0.0277. The van der Waals surface area contributed by atoms with Crippen LogP contribution in [-0.2, 0) is 0 Å². The minimum Gasteiger partial charge on any atom is -0.392 e. The van der Waals surface area contributed by atoms with E-state index in [0.29, 0.717) is 5.92 Å². The van der Waals surface area contributed by atoms with E-state index in [9.17, 15) is 5.11 Å². The first-order chi connectivity index (χ1) is 8.03. The fourth-order valence-electron chi connectivity index (χ4n) is 3.60. The van der Waals surface area contributed by atoms with Gasteiger partial charge in [-0.25, -0.2) is 0 Å². The van der Waals surface area contributed by atoms with Crippen molar-refractivity contribution in [3.63, 3.8) is 0 Å². The largest absolute Gasteiger partial charge is 0.392 e. The second-order valence-electron chi connectivity index (χ2n) is 6.88. The molecule has 0 amide bonds. The lowest BCUT2D eigenvalue weighted by Gasteiger charge is -2.35. The van der Waals surface area contributed by atoms with Crippen molar-refractivity contribution < 1.29 is 5.11 Å². The minimum atomic E-state index is -0.0913. The predicted octanol–water partition coefficient (Wildman–Crippen LogP) is 2.91. The summed E-state index contributed by atoms with van der Waals surface area (Å²) in [5.41, 5.74) is 0.145. The Hall–Kier alpha value is -0.0800. The van der Waals surface area contributed by atoms with Gasteiger partial charge in [-0.15, -0.1) is 0 Å². The highest BCUT2D eigenvalue weighted by Crippen LogP contribution is 2.41. The fraction of sp³-hybridized carbons (Fsp3) is 1.00. The molecule has 2 nitrogen and oxygen atoms in total. The van der Waals surface area contributed by atoms with Crippen LogP contribution < -0.4 is 0 Å². The number of hydrogen-bond acceptors (Lipinski definition) is 2. The zero-order chi connectivity index (χ0) is 12.5. The molecule has 0 bridgehead atoms. The van der Waals surface area contributed by atoms with E-state index in [0.717, 1.165) is 12.5 Å². The topological polar surface area (TPSA) is 23.5 Å². The van der Waals surface area contributed by atoms with Gasteiger partial charge in [0.25, 0.3) is 0 Å². The molecule has 0 aromatic carbocycles. The molecule has 1 N–H and O–H groups in total. The SMILES string of the molecule is CCC1CCN(CC2CCC(C)(C)C2O)CC1. The molecule has 1 aliphatic heterocycles. The highest BCUT2D eigenvalue weighted by Gasteiger charge is 2.41. The Kier molecular flexibility index (Phi) is 4.14. The summed E-state index contributed by atoms with van der Waals surface area (Å²) < 4.78 is 0. The van der Waals surface area contributed by atoms with Crippen LogP contribution in [0.4, 0.5) is 0 Å². The van der Waals surface area contributed by atoms with Crippen molar-refractivity contribution in [1.29, 1.82) is 0 Å². The van der Waals surface area contributed by atoms with Crippen LogP contribution in [0.3, 0.4) is 0 Å². The van der Waals surface area contributed by atoms with E-state index in [4.69, 9.17) is 0 Å². The van der Waals surface area contributed by atoms with Crippen molar-refractivity contribution in [1.82, 2.24) is 4.90 Å². The Morgan fingerprint density at radius 3 is 2.29 bits per heavy atom. The second kappa shape index (κ2) is 5.27. The van der Waals surface area contributed by atoms with Gasteiger partial charge in [0.15, 0.2) is 0 Å². The number of aliphatic hydroxyl groups is 1. The van der Waals surface area contributed by atoms with Gasteiger partial charge in [0.05, 0.1) is 6.10 Å². The van der Waals surface area contributed by atoms with Crippen molar-refractivity contribution >= 4 is 0 Å². The first kappa shape index (κ1) is 13.4. The van der Waals surface area contributed by atoms with E-state index in [1.807, 2.05) is 0 Å². The quantitative estimate of drug-likeness (QED) is 0.818. The van der Waals surface area contributed by atoms with Gasteiger partial charge < -0.3 is 10.0 Å². The van der Waals surface area contributed by atoms with E-state index in [2.05, 4.69) is 25.7 Å². The molecule has 2 atom stereocenters. The molecular formula is C15H29NO. The molecular weight excluding hydrogens is 210 g/mol. The van der Waals surface area contributed by atoms with E-state index in [-0.39, 0.29) is 11.5 Å². The highest BCUT2D eigenvalue weighted by atomic mass is 16.3. The first-order valence-corrected chi connectivity index (χ1v) is 7.43. The Bertz CT molecular complexity index is 243. The standard InChI is InChI=1S/C15H29NO/c1-4-12-6-9-16(10-7-12)11-13-5-8-15(2,3)14(13)17/h12-14,17H,4-11H2,1-3H3. The van der Waals surface area contributed by atoms with E-state index in [1.165, 1.54) is 45.2 Å². The number of hydrogen-bond donors (Lipinski definition) is 1. The number of aliphatic hydroxyl groups excluding tert-OH is 1. The summed E-state index contributed by atoms with van der Waals surface area (Å²) in [6, 6.07) is 0. The van der Waals surface area contributed by atoms with Crippen LogP contribution in [-0.4, -0.2) is 35.7 Å². The maximum Gasteiger partial charge on any atom is 0.0631 e. The Morgan fingerprint density at radius 1 is 1.18 bits per heavy atom. The van der Waals surface area contributed by atoms with Gasteiger partial charge in [-0.1, -0.05) is 27.2 Å². The summed E-state index contributed by atoms with van der Waals surface area (Å²) >= 11 is 0. The summed E-state index contributed by atoms with van der Waals surface area (Å²) in [5, 5.41) is 10.3. The van der Waals surface area contributed by atoms with Crippen molar-refractivity contribution in [2.45, 2.75) is 59.0 Å². The van der Waals surface area contributed by atoms with Gasteiger partial charge in [0, 0.05) is 6.54 Å². The number of rotatable bonds is 3. The average Bonchev–Trinajstić information content (AvgIpc) is 2.57. The van der Waals surface area contributed by atoms with Crippen LogP contribution in [0, 0.1) is 17.3 Å². The van der Waals surface area contributed by atoms with Crippen LogP contribution in [0.15, 0.2) is 0 Å². The molecule has 2 unspecified atom stereocenters. The molecule has 0 spiro atoms. The normalized spacial score (nSPS) is 35.3. The van der Waals surface area contributed by atoms with E-state index >= 15 is 0 Å². The van der Waals surface area contributed by atoms with Gasteiger partial charge in [0.1, 0.15) is 0 Å². The molecule has 2 fully saturated rings. The van der Waals surface area contributed by atoms with Crippen molar-refractivity contribution in [3.05, 3.63) is 0 Å². The number of nitrogens with zero attached hydrogens (tertiary/aromatic N) is 1. The Morgan fingerprint density at radius 2 is 1.82 bits per heavy atom. The molecule has 17 heavy (non-hydrogen) atoms. The summed E-state index contributed by atoms with van der Waals surface area (Å²) in [6.45, 7) is 10.4. The van der Waals surface area contributed by atoms with E-state index < -0.39 is 0 Å². The maximum atomic E-state index is 10.3. The third-order valence-corrected chi connectivity index (χ3v) is 5.18. The van der Waals surface area contributed by atoms with Crippen LogP contribution in [0.5, 0.6) is 0 Å². The summed E-state index contributed by atoms with van der Waals surface area (Å²) in [5.74, 6) is 1.47. The highest BCUT2D eigenvalue weighted by molar-refractivity contribution is 4.92. The molecule has 0 aromatic heterocycles. The first-order valence-electron chi connectivity index (χ1n) is 7.43. The van der Waals surface area contributed by atoms with Crippen LogP contribution in [0.2, 0.25) is 0 Å². The maximum absolute atomic E-state index is 10.3. The smallest absolute Gasteiger partial charge is 0.0631 e. The zero-order valence-corrected chi connectivity index (χ0v) is 11.8. The molecule has 2 heteroatoms. The Balaban J connectivity index is 1.79. The van der Waals surface area contributed by atoms with Gasteiger partial charge in [-0.05, 0) is 56.0 Å². The zero-order valence-electron chi connectivity index (χ0n) is 11.8. The van der Waals surface area contributed by atoms with Gasteiger partial charge in [-0.2, -0.15) is 0 Å². The molecule has 1 heterocycles. The van der Waals surface area contributed by atoms with Crippen molar-refractivity contribution in [2.24, 2.45) is 17.3 Å². The van der Waals surface area contributed by atoms with Crippen LogP contribution >= 0.6 is 0 Å². The van der Waals surface area contributed by atoms with Crippen molar-refractivity contribution in [2.75, 3.05) is 19.6 Å². The Labute approximate surface area is 106 Å². The minimum absolute atomic E-state index is 0.0913. The monoisotopic (exact) mass is 239 g/mol. The fourth-order valence-corrected chi connectivity index (χ4v) is 3.60. The molecule has 1 aliphatic carbocycles. The molecule has 0 aromatic rings. The van der Waals surface area contributed by atoms with Crippen molar-refractivity contribution in [3.8, 4) is 0 Å². The lowest BCUT2D eigenvalue weighted by atomic mass is 9.87. The third kappa shape index (κ3) is 3.03. The molecule has 2 rings (SSSR count). The average molecular weight is 239 g/mol. The summed E-state index contributed by atoms with van der Waals surface area (Å²) in [6.07, 6.45) is 6.37. The van der Waals surface area contributed by atoms with Gasteiger partial charge in [0.2, 0.25) is 0 Å². The van der Waals surface area contributed by atoms with E-state index in [1.54, 1.807) is 0 Å². The summed E-state index contributed by atoms with van der Waals surface area (Å²) in [4.78, 5) is 2.58. The lowest BCUT2D eigenvalue weighted by Crippen LogP contribution is -2.40. The molecule has 100 valence electrons. The predicted molar refractivity (Wildman–Crippen MR) is 72.0 cm³/mol. The third-order valence-electron chi connectivity index (χ3n) is 5.18. The second-order valence-corrected chi connectivity index (χ2v) is 6.88. The molecule has 1 saturated heterocycles. The molecule has 0 radical (unpaired) electrons.